The summed E-state index contributed by atoms with van der Waals surface area (Å²) in [5, 5.41) is 0.717. The zero-order valence-corrected chi connectivity index (χ0v) is 18.1. The SMILES string of the molecule is CS(=O)(=O)c1ccc(C(=O)C[N+]2=C(Cc3ccc(Cl)cc3)CCC2)cc1.[Br-]. The van der Waals surface area contributed by atoms with Crippen molar-refractivity contribution >= 4 is 32.9 Å². The smallest absolute Gasteiger partial charge is 0.227 e. The third-order valence-corrected chi connectivity index (χ3v) is 5.98. The van der Waals surface area contributed by atoms with Gasteiger partial charge < -0.3 is 17.0 Å². The van der Waals surface area contributed by atoms with Crippen molar-refractivity contribution in [2.75, 3.05) is 19.3 Å². The van der Waals surface area contributed by atoms with Gasteiger partial charge in [-0.2, -0.15) is 0 Å². The van der Waals surface area contributed by atoms with Gasteiger partial charge in [-0.25, -0.2) is 13.0 Å². The lowest BCUT2D eigenvalue weighted by Crippen LogP contribution is -3.00. The van der Waals surface area contributed by atoms with Crippen LogP contribution in [0.3, 0.4) is 0 Å². The van der Waals surface area contributed by atoms with Gasteiger partial charge in [-0.05, 0) is 42.0 Å². The molecule has 27 heavy (non-hydrogen) atoms. The molecule has 0 bridgehead atoms. The molecule has 1 aliphatic heterocycles. The van der Waals surface area contributed by atoms with E-state index in [4.69, 9.17) is 11.6 Å². The molecule has 0 spiro atoms. The second kappa shape index (κ2) is 9.13. The Morgan fingerprint density at radius 1 is 1.07 bits per heavy atom. The van der Waals surface area contributed by atoms with Crippen molar-refractivity contribution in [2.45, 2.75) is 24.2 Å². The molecule has 4 nitrogen and oxygen atoms in total. The first kappa shape index (κ1) is 21.8. The Kier molecular flexibility index (Phi) is 7.37. The van der Waals surface area contributed by atoms with Gasteiger partial charge in [0.25, 0.3) is 0 Å². The Bertz CT molecular complexity index is 952. The van der Waals surface area contributed by atoms with Crippen LogP contribution in [0.25, 0.3) is 0 Å². The van der Waals surface area contributed by atoms with Gasteiger partial charge in [-0.1, -0.05) is 23.7 Å². The molecule has 2 aromatic carbocycles. The molecule has 0 saturated heterocycles. The van der Waals surface area contributed by atoms with Crippen molar-refractivity contribution < 1.29 is 34.8 Å². The van der Waals surface area contributed by atoms with Crippen molar-refractivity contribution in [1.29, 1.82) is 0 Å². The maximum atomic E-state index is 12.6. The number of sulfone groups is 1. The number of benzene rings is 2. The van der Waals surface area contributed by atoms with E-state index in [-0.39, 0.29) is 27.7 Å². The molecule has 0 atom stereocenters. The van der Waals surface area contributed by atoms with Crippen molar-refractivity contribution in [2.24, 2.45) is 0 Å². The number of rotatable bonds is 6. The Hall–Kier alpha value is -1.50. The molecule has 144 valence electrons. The van der Waals surface area contributed by atoms with Crippen LogP contribution in [0.15, 0.2) is 53.4 Å². The Morgan fingerprint density at radius 3 is 2.30 bits per heavy atom. The molecule has 0 saturated carbocycles. The normalized spacial score (nSPS) is 14.1. The lowest BCUT2D eigenvalue weighted by Gasteiger charge is -2.05. The zero-order chi connectivity index (χ0) is 18.7. The summed E-state index contributed by atoms with van der Waals surface area (Å²) in [4.78, 5) is 12.8. The first-order valence-corrected chi connectivity index (χ1v) is 10.8. The summed E-state index contributed by atoms with van der Waals surface area (Å²) in [6.45, 7) is 1.19. The summed E-state index contributed by atoms with van der Waals surface area (Å²) in [6.07, 6.45) is 4.01. The number of carbonyl (C=O) groups is 1. The number of nitrogens with zero attached hydrogens (tertiary/aromatic N) is 1. The van der Waals surface area contributed by atoms with Crippen LogP contribution in [0.2, 0.25) is 5.02 Å². The van der Waals surface area contributed by atoms with E-state index in [0.717, 1.165) is 37.1 Å². The molecule has 0 aliphatic carbocycles. The van der Waals surface area contributed by atoms with E-state index in [1.165, 1.54) is 23.4 Å². The number of hydrogen-bond acceptors (Lipinski definition) is 3. The molecule has 2 aromatic rings. The van der Waals surface area contributed by atoms with E-state index in [2.05, 4.69) is 4.58 Å². The minimum Gasteiger partial charge on any atom is -1.00 e. The fourth-order valence-electron chi connectivity index (χ4n) is 3.17. The Morgan fingerprint density at radius 2 is 1.70 bits per heavy atom. The van der Waals surface area contributed by atoms with Crippen LogP contribution in [-0.2, 0) is 16.3 Å². The van der Waals surface area contributed by atoms with Gasteiger partial charge in [0.05, 0.1) is 11.3 Å². The number of halogens is 2. The molecule has 1 heterocycles. The minimum atomic E-state index is -3.25. The zero-order valence-electron chi connectivity index (χ0n) is 15.0. The molecule has 0 radical (unpaired) electrons. The maximum absolute atomic E-state index is 12.6. The van der Waals surface area contributed by atoms with Crippen LogP contribution in [0.5, 0.6) is 0 Å². The molecular formula is C20H21BrClNO3S. The predicted octanol–water partition coefficient (Wildman–Crippen LogP) is 0.420. The van der Waals surface area contributed by atoms with Crippen LogP contribution >= 0.6 is 11.6 Å². The van der Waals surface area contributed by atoms with Gasteiger partial charge in [0.1, 0.15) is 6.54 Å². The van der Waals surface area contributed by atoms with Crippen molar-refractivity contribution in [3.05, 3.63) is 64.7 Å². The van der Waals surface area contributed by atoms with Gasteiger partial charge >= 0.3 is 0 Å². The number of Topliss-reactive ketones (excluding diaryl/α,β-unsaturated/α-hetero) is 1. The quantitative estimate of drug-likeness (QED) is 0.454. The highest BCUT2D eigenvalue weighted by molar-refractivity contribution is 7.90. The summed E-state index contributed by atoms with van der Waals surface area (Å²) in [5.41, 5.74) is 2.98. The highest BCUT2D eigenvalue weighted by Gasteiger charge is 2.25. The summed E-state index contributed by atoms with van der Waals surface area (Å²) in [7, 11) is -3.25. The van der Waals surface area contributed by atoms with Crippen molar-refractivity contribution in [3.8, 4) is 0 Å². The van der Waals surface area contributed by atoms with Gasteiger partial charge in [-0.3, -0.25) is 4.79 Å². The van der Waals surface area contributed by atoms with E-state index in [1.807, 2.05) is 24.3 Å². The van der Waals surface area contributed by atoms with E-state index >= 15 is 0 Å². The number of hydrogen-bond donors (Lipinski definition) is 0. The van der Waals surface area contributed by atoms with E-state index in [1.54, 1.807) is 12.1 Å². The van der Waals surface area contributed by atoms with E-state index in [9.17, 15) is 13.2 Å². The van der Waals surface area contributed by atoms with Crippen LogP contribution in [0.1, 0.15) is 28.8 Å². The van der Waals surface area contributed by atoms with Crippen LogP contribution < -0.4 is 17.0 Å². The highest BCUT2D eigenvalue weighted by atomic mass is 79.9. The lowest BCUT2D eigenvalue weighted by molar-refractivity contribution is -0.507. The van der Waals surface area contributed by atoms with Crippen LogP contribution in [-0.4, -0.2) is 43.8 Å². The number of carbonyl (C=O) groups excluding carboxylic acids is 1. The standard InChI is InChI=1S/C20H21ClNO3S.BrH/c1-26(24,25)19-10-6-16(7-11-19)20(23)14-22-12-2-3-18(22)13-15-4-8-17(21)9-5-15;/h4-11H,2-3,12-14H2,1H3;1H/q+1;/p-1. The molecule has 0 unspecified atom stereocenters. The molecule has 1 aliphatic rings. The second-order valence-corrected chi connectivity index (χ2v) is 9.07. The molecule has 0 aromatic heterocycles. The highest BCUT2D eigenvalue weighted by Crippen LogP contribution is 2.15. The molecular weight excluding hydrogens is 450 g/mol. The number of ketones is 1. The summed E-state index contributed by atoms with van der Waals surface area (Å²) in [5.74, 6) is 0.000516. The maximum Gasteiger partial charge on any atom is 0.227 e. The minimum absolute atomic E-state index is 0. The molecule has 0 fully saturated rings. The fraction of sp³-hybridized carbons (Fsp3) is 0.300. The van der Waals surface area contributed by atoms with Gasteiger partial charge in [0.15, 0.2) is 15.5 Å². The first-order valence-electron chi connectivity index (χ1n) is 8.50. The largest absolute Gasteiger partial charge is 1.00 e. The Labute approximate surface area is 175 Å². The van der Waals surface area contributed by atoms with E-state index < -0.39 is 9.84 Å². The molecule has 0 N–H and O–H groups in total. The van der Waals surface area contributed by atoms with Crippen molar-refractivity contribution in [3.63, 3.8) is 0 Å². The topological polar surface area (TPSA) is 54.2 Å². The molecule has 7 heteroatoms. The third kappa shape index (κ3) is 5.74. The van der Waals surface area contributed by atoms with Gasteiger partial charge in [0.2, 0.25) is 12.3 Å². The van der Waals surface area contributed by atoms with Gasteiger partial charge in [-0.15, -0.1) is 0 Å². The Balaban J connectivity index is 0.00000261. The summed E-state index contributed by atoms with van der Waals surface area (Å²) >= 11 is 5.93. The molecule has 0 amide bonds. The third-order valence-electron chi connectivity index (χ3n) is 4.60. The fourth-order valence-corrected chi connectivity index (χ4v) is 3.93. The van der Waals surface area contributed by atoms with Gasteiger partial charge in [0, 0.05) is 29.7 Å². The van der Waals surface area contributed by atoms with E-state index in [0.29, 0.717) is 12.1 Å². The van der Waals surface area contributed by atoms with Crippen molar-refractivity contribution in [1.82, 2.24) is 0 Å². The summed E-state index contributed by atoms with van der Waals surface area (Å²) in [6, 6.07) is 13.9. The van der Waals surface area contributed by atoms with Crippen LogP contribution in [0.4, 0.5) is 0 Å². The molecule has 3 rings (SSSR count). The first-order chi connectivity index (χ1) is 12.3. The van der Waals surface area contributed by atoms with Crippen LogP contribution in [0, 0.1) is 0 Å². The lowest BCUT2D eigenvalue weighted by atomic mass is 10.1. The average Bonchev–Trinajstić information content (AvgIpc) is 3.03. The average molecular weight is 471 g/mol. The summed E-state index contributed by atoms with van der Waals surface area (Å²) < 4.78 is 25.2. The monoisotopic (exact) mass is 469 g/mol. The second-order valence-electron chi connectivity index (χ2n) is 6.61. The predicted molar refractivity (Wildman–Crippen MR) is 103 cm³/mol.